The van der Waals surface area contributed by atoms with Gasteiger partial charge in [0.25, 0.3) is 0 Å². The summed E-state index contributed by atoms with van der Waals surface area (Å²) in [4.78, 5) is 0. The normalized spacial score (nSPS) is 32.1. The van der Waals surface area contributed by atoms with Gasteiger partial charge in [0.1, 0.15) is 0 Å². The van der Waals surface area contributed by atoms with E-state index in [1.54, 1.807) is 24.4 Å². The Hall–Kier alpha value is -2.08. The van der Waals surface area contributed by atoms with Crippen LogP contribution in [0.25, 0.3) is 0 Å². The summed E-state index contributed by atoms with van der Waals surface area (Å²) < 4.78 is 5.09. The van der Waals surface area contributed by atoms with Gasteiger partial charge in [0, 0.05) is 6.04 Å². The van der Waals surface area contributed by atoms with Gasteiger partial charge < -0.3 is 15.2 Å². The molecule has 3 N–H and O–H groups in total. The van der Waals surface area contributed by atoms with Gasteiger partial charge in [-0.25, -0.2) is 0 Å². The van der Waals surface area contributed by atoms with Gasteiger partial charge in [-0.15, -0.1) is 0 Å². The van der Waals surface area contributed by atoms with Crippen LogP contribution in [-0.4, -0.2) is 29.6 Å². The van der Waals surface area contributed by atoms with Gasteiger partial charge in [0.2, 0.25) is 0 Å². The molecule has 0 unspecified atom stereocenters. The van der Waals surface area contributed by atoms with Crippen LogP contribution in [0.1, 0.15) is 24.8 Å². The monoisotopic (exact) mass is 357 g/mol. The molecule has 0 radical (unpaired) electrons. The minimum Gasteiger partial charge on any atom is -0.504 e. The predicted octanol–water partition coefficient (Wildman–Crippen LogP) is 2.80. The molecule has 2 saturated carbocycles. The maximum atomic E-state index is 9.60. The van der Waals surface area contributed by atoms with Crippen molar-refractivity contribution in [1.82, 2.24) is 10.7 Å². The Labute approximate surface area is 153 Å². The second-order valence-electron chi connectivity index (χ2n) is 7.18. The summed E-state index contributed by atoms with van der Waals surface area (Å²) in [5.74, 6) is 3.71. The average Bonchev–Trinajstić information content (AvgIpc) is 3.29. The molecule has 4 rings (SSSR count). The number of rotatable bonds is 4. The van der Waals surface area contributed by atoms with Crippen LogP contribution in [0.4, 0.5) is 0 Å². The Bertz CT molecular complexity index is 733. The zero-order valence-electron chi connectivity index (χ0n) is 14.2. The van der Waals surface area contributed by atoms with Crippen molar-refractivity contribution in [3.05, 3.63) is 35.9 Å². The van der Waals surface area contributed by atoms with Gasteiger partial charge >= 0.3 is 0 Å². The van der Waals surface area contributed by atoms with Crippen molar-refractivity contribution in [3.63, 3.8) is 0 Å². The molecule has 0 heterocycles. The molecule has 6 heteroatoms. The molecule has 5 nitrogen and oxygen atoms in total. The molecular formula is C19H23N3O2S. The molecule has 0 spiro atoms. The van der Waals surface area contributed by atoms with E-state index < -0.39 is 0 Å². The van der Waals surface area contributed by atoms with Gasteiger partial charge in [0.15, 0.2) is 16.6 Å². The van der Waals surface area contributed by atoms with Crippen molar-refractivity contribution >= 4 is 23.5 Å². The molecule has 0 aliphatic heterocycles. The quantitative estimate of drug-likeness (QED) is 0.335. The molecule has 0 amide bonds. The average molecular weight is 357 g/mol. The highest BCUT2D eigenvalue weighted by atomic mass is 32.1. The lowest BCUT2D eigenvalue weighted by Gasteiger charge is -2.32. The minimum atomic E-state index is 0.111. The van der Waals surface area contributed by atoms with E-state index in [0.717, 1.165) is 23.3 Å². The smallest absolute Gasteiger partial charge is 0.187 e. The van der Waals surface area contributed by atoms with Crippen LogP contribution >= 0.6 is 12.2 Å². The third-order valence-electron chi connectivity index (χ3n) is 5.91. The highest BCUT2D eigenvalue weighted by molar-refractivity contribution is 7.80. The van der Waals surface area contributed by atoms with Crippen LogP contribution < -0.4 is 15.5 Å². The lowest BCUT2D eigenvalue weighted by atomic mass is 9.79. The Kier molecular flexibility index (Phi) is 4.37. The molecule has 3 aliphatic rings. The van der Waals surface area contributed by atoms with E-state index >= 15 is 0 Å². The number of phenolic OH excluding ortho intramolecular Hbond substituents is 1. The highest BCUT2D eigenvalue weighted by Crippen LogP contribution is 2.56. The first kappa shape index (κ1) is 16.4. The van der Waals surface area contributed by atoms with Gasteiger partial charge in [-0.1, -0.05) is 12.2 Å². The fourth-order valence-corrected chi connectivity index (χ4v) is 5.06. The maximum absolute atomic E-state index is 9.60. The van der Waals surface area contributed by atoms with Gasteiger partial charge in [-0.2, -0.15) is 5.10 Å². The Morgan fingerprint density at radius 3 is 3.08 bits per heavy atom. The number of aromatic hydroxyl groups is 1. The molecule has 0 saturated heterocycles. The van der Waals surface area contributed by atoms with E-state index in [1.807, 2.05) is 0 Å². The molecule has 1 aromatic carbocycles. The van der Waals surface area contributed by atoms with Gasteiger partial charge in [-0.3, -0.25) is 5.43 Å². The minimum absolute atomic E-state index is 0.111. The van der Waals surface area contributed by atoms with Crippen molar-refractivity contribution in [3.8, 4) is 11.5 Å². The van der Waals surface area contributed by atoms with Crippen LogP contribution in [-0.2, 0) is 0 Å². The predicted molar refractivity (Wildman–Crippen MR) is 102 cm³/mol. The van der Waals surface area contributed by atoms with Crippen molar-refractivity contribution in [2.45, 2.75) is 25.3 Å². The summed E-state index contributed by atoms with van der Waals surface area (Å²) >= 11 is 5.39. The van der Waals surface area contributed by atoms with Crippen molar-refractivity contribution in [2.75, 3.05) is 7.11 Å². The first-order chi connectivity index (χ1) is 12.2. The molecule has 132 valence electrons. The largest absolute Gasteiger partial charge is 0.504 e. The number of benzene rings is 1. The third kappa shape index (κ3) is 3.11. The highest BCUT2D eigenvalue weighted by Gasteiger charge is 2.52. The zero-order chi connectivity index (χ0) is 17.4. The summed E-state index contributed by atoms with van der Waals surface area (Å²) in [6.45, 7) is 0. The SMILES string of the molecule is COc1cc(/C=N/NC(=S)N[C@@H]2C[C@H]3C[C@@H]2[C@H]2C=CC[C@H]32)ccc1O. The summed E-state index contributed by atoms with van der Waals surface area (Å²) in [6.07, 6.45) is 10.2. The second kappa shape index (κ2) is 6.67. The Balaban J connectivity index is 1.30. The first-order valence-corrected chi connectivity index (χ1v) is 9.20. The van der Waals surface area contributed by atoms with Crippen molar-refractivity contribution in [2.24, 2.45) is 28.8 Å². The number of fused-ring (bicyclic) bond motifs is 5. The van der Waals surface area contributed by atoms with E-state index in [1.165, 1.54) is 26.4 Å². The number of thiocarbonyl (C=S) groups is 1. The first-order valence-electron chi connectivity index (χ1n) is 8.79. The van der Waals surface area contributed by atoms with E-state index in [9.17, 15) is 5.11 Å². The summed E-state index contributed by atoms with van der Waals surface area (Å²) in [5, 5.41) is 17.8. The van der Waals surface area contributed by atoms with Crippen LogP contribution in [0.3, 0.4) is 0 Å². The van der Waals surface area contributed by atoms with E-state index in [4.69, 9.17) is 17.0 Å². The zero-order valence-corrected chi connectivity index (χ0v) is 15.0. The van der Waals surface area contributed by atoms with Crippen LogP contribution in [0.2, 0.25) is 0 Å². The molecule has 2 fully saturated rings. The lowest BCUT2D eigenvalue weighted by molar-refractivity contribution is 0.246. The molecule has 0 aromatic heterocycles. The molecule has 1 aromatic rings. The van der Waals surface area contributed by atoms with Crippen LogP contribution in [0, 0.1) is 23.7 Å². The second-order valence-corrected chi connectivity index (χ2v) is 7.59. The summed E-state index contributed by atoms with van der Waals surface area (Å²) in [7, 11) is 1.52. The molecular weight excluding hydrogens is 334 g/mol. The van der Waals surface area contributed by atoms with Crippen LogP contribution in [0.15, 0.2) is 35.5 Å². The third-order valence-corrected chi connectivity index (χ3v) is 6.12. The molecule has 3 aliphatic carbocycles. The number of hydrazone groups is 1. The maximum Gasteiger partial charge on any atom is 0.187 e. The molecule has 2 bridgehead atoms. The number of methoxy groups -OCH3 is 1. The van der Waals surface area contributed by atoms with Crippen molar-refractivity contribution < 1.29 is 9.84 Å². The van der Waals surface area contributed by atoms with Gasteiger partial charge in [0.05, 0.1) is 13.3 Å². The Morgan fingerprint density at radius 1 is 1.36 bits per heavy atom. The number of nitrogens with zero attached hydrogens (tertiary/aromatic N) is 1. The number of hydrogen-bond donors (Lipinski definition) is 3. The van der Waals surface area contributed by atoms with E-state index in [2.05, 4.69) is 28.0 Å². The fraction of sp³-hybridized carbons (Fsp3) is 0.474. The number of allylic oxidation sites excluding steroid dienone is 2. The number of phenols is 1. The molecule has 5 atom stereocenters. The van der Waals surface area contributed by atoms with E-state index in [0.29, 0.717) is 22.8 Å². The van der Waals surface area contributed by atoms with Crippen molar-refractivity contribution in [1.29, 1.82) is 0 Å². The van der Waals surface area contributed by atoms with Gasteiger partial charge in [-0.05, 0) is 78.9 Å². The standard InChI is InChI=1S/C19H23N3O2S/c1-24-18-7-11(5-6-17(18)23)10-20-22-19(25)21-16-9-12-8-15(16)14-4-2-3-13(12)14/h2,4-7,10,12-16,23H,3,8-9H2,1H3,(H2,21,22,25)/b20-10+/t12-,13-,14+,15-,16-/m1/s1. The topological polar surface area (TPSA) is 65.9 Å². The number of nitrogens with one attached hydrogen (secondary N) is 2. The summed E-state index contributed by atoms with van der Waals surface area (Å²) in [5.41, 5.74) is 3.72. The Morgan fingerprint density at radius 2 is 2.24 bits per heavy atom. The number of ether oxygens (including phenoxy) is 1. The lowest BCUT2D eigenvalue weighted by Crippen LogP contribution is -2.45. The fourth-order valence-electron chi connectivity index (χ4n) is 4.85. The van der Waals surface area contributed by atoms with Crippen LogP contribution in [0.5, 0.6) is 11.5 Å². The number of hydrogen-bond acceptors (Lipinski definition) is 4. The summed E-state index contributed by atoms with van der Waals surface area (Å²) in [6, 6.07) is 5.52. The molecule has 25 heavy (non-hydrogen) atoms. The van der Waals surface area contributed by atoms with E-state index in [-0.39, 0.29) is 5.75 Å².